The number of para-hydroxylation sites is 1. The topological polar surface area (TPSA) is 29.3 Å². The molecule has 0 spiro atoms. The average Bonchev–Trinajstić information content (AvgIpc) is 3.27. The maximum Gasteiger partial charge on any atom is 0.0746 e. The minimum atomic E-state index is 0.219. The minimum Gasteiger partial charge on any atom is -0.344 e. The molecule has 0 radical (unpaired) electrons. The molecule has 4 heteroatoms. The molecule has 3 nitrogen and oxygen atoms in total. The van der Waals surface area contributed by atoms with Gasteiger partial charge in [-0.1, -0.05) is 52.3 Å². The van der Waals surface area contributed by atoms with E-state index in [-0.39, 0.29) is 6.04 Å². The summed E-state index contributed by atoms with van der Waals surface area (Å²) in [6, 6.07) is 23.9. The van der Waals surface area contributed by atoms with Crippen molar-refractivity contribution in [2.24, 2.45) is 12.1 Å². The number of hydrogen-bond donors (Lipinski definition) is 1. The van der Waals surface area contributed by atoms with Crippen LogP contribution >= 0.6 is 15.9 Å². The molecule has 1 aliphatic rings. The first-order chi connectivity index (χ1) is 12.7. The molecule has 4 aromatic rings. The van der Waals surface area contributed by atoms with E-state index in [2.05, 4.69) is 105 Å². The molecule has 0 saturated carbocycles. The molecular weight excluding hydrogens is 386 g/mol. The van der Waals surface area contributed by atoms with Crippen LogP contribution in [0, 0.1) is 0 Å². The van der Waals surface area contributed by atoms with Crippen LogP contribution in [0.15, 0.2) is 76.3 Å². The lowest BCUT2D eigenvalue weighted by atomic mass is 9.98. The van der Waals surface area contributed by atoms with Crippen LogP contribution < -0.4 is 5.43 Å². The molecule has 1 aromatic heterocycles. The number of fused-ring (bicyclic) bond motifs is 3. The van der Waals surface area contributed by atoms with Crippen molar-refractivity contribution in [2.45, 2.75) is 12.5 Å². The fourth-order valence-corrected chi connectivity index (χ4v) is 4.12. The molecule has 5 rings (SSSR count). The summed E-state index contributed by atoms with van der Waals surface area (Å²) in [6.07, 6.45) is 0.901. The summed E-state index contributed by atoms with van der Waals surface area (Å²) in [5.74, 6) is 0. The molecule has 128 valence electrons. The van der Waals surface area contributed by atoms with Crippen LogP contribution in [0.1, 0.15) is 23.6 Å². The maximum atomic E-state index is 4.59. The Morgan fingerprint density at radius 2 is 1.73 bits per heavy atom. The Bertz CT molecular complexity index is 1160. The predicted molar refractivity (Wildman–Crippen MR) is 112 cm³/mol. The largest absolute Gasteiger partial charge is 0.344 e. The van der Waals surface area contributed by atoms with E-state index in [9.17, 15) is 0 Å². The number of aromatic nitrogens is 1. The van der Waals surface area contributed by atoms with E-state index in [1.165, 1.54) is 32.9 Å². The zero-order chi connectivity index (χ0) is 17.7. The number of nitrogens with one attached hydrogen (secondary N) is 1. The quantitative estimate of drug-likeness (QED) is 0.468. The summed E-state index contributed by atoms with van der Waals surface area (Å²) in [5, 5.41) is 7.20. The zero-order valence-electron chi connectivity index (χ0n) is 14.4. The van der Waals surface area contributed by atoms with E-state index < -0.39 is 0 Å². The van der Waals surface area contributed by atoms with Gasteiger partial charge >= 0.3 is 0 Å². The van der Waals surface area contributed by atoms with E-state index in [4.69, 9.17) is 0 Å². The first-order valence-corrected chi connectivity index (χ1v) is 9.55. The van der Waals surface area contributed by atoms with Crippen LogP contribution in [0.25, 0.3) is 21.8 Å². The number of rotatable bonds is 2. The zero-order valence-corrected chi connectivity index (χ0v) is 16.0. The van der Waals surface area contributed by atoms with E-state index in [1.54, 1.807) is 0 Å². The van der Waals surface area contributed by atoms with Crippen molar-refractivity contribution < 1.29 is 0 Å². The summed E-state index contributed by atoms with van der Waals surface area (Å²) in [6.45, 7) is 0. The molecule has 1 N–H and O–H groups in total. The number of aryl methyl sites for hydroxylation is 1. The molecule has 3 aromatic carbocycles. The van der Waals surface area contributed by atoms with Gasteiger partial charge in [-0.15, -0.1) is 0 Å². The number of halogens is 1. The van der Waals surface area contributed by atoms with E-state index in [1.807, 2.05) is 0 Å². The molecule has 1 unspecified atom stereocenters. The Morgan fingerprint density at radius 3 is 2.58 bits per heavy atom. The molecule has 0 aliphatic carbocycles. The Hall–Kier alpha value is -2.59. The maximum absolute atomic E-state index is 4.59. The molecule has 1 aliphatic heterocycles. The number of hydrogen-bond acceptors (Lipinski definition) is 2. The highest BCUT2D eigenvalue weighted by Gasteiger charge is 2.22. The smallest absolute Gasteiger partial charge is 0.0746 e. The molecule has 2 heterocycles. The number of benzene rings is 3. The lowest BCUT2D eigenvalue weighted by Crippen LogP contribution is -2.09. The third kappa shape index (κ3) is 2.44. The molecule has 0 fully saturated rings. The van der Waals surface area contributed by atoms with Crippen molar-refractivity contribution in [3.05, 3.63) is 82.3 Å². The predicted octanol–water partition coefficient (Wildman–Crippen LogP) is 5.53. The minimum absolute atomic E-state index is 0.219. The molecule has 1 atom stereocenters. The summed E-state index contributed by atoms with van der Waals surface area (Å²) in [4.78, 5) is 0. The first-order valence-electron chi connectivity index (χ1n) is 8.76. The van der Waals surface area contributed by atoms with Gasteiger partial charge in [-0.05, 0) is 41.5 Å². The molecular formula is C22H18BrN3. The van der Waals surface area contributed by atoms with Crippen LogP contribution in [-0.4, -0.2) is 10.3 Å². The molecule has 0 saturated heterocycles. The monoisotopic (exact) mass is 403 g/mol. The van der Waals surface area contributed by atoms with Crippen LogP contribution in [0.5, 0.6) is 0 Å². The number of hydrazone groups is 1. The standard InChI is InChI=1S/C22H18BrN3/c1-26-21-5-3-2-4-17(21)18-12-15(8-11-22(18)26)20-13-19(24-25-20)14-6-9-16(23)10-7-14/h2-12,20,25H,13H2,1H3. The lowest BCUT2D eigenvalue weighted by molar-refractivity contribution is 0.621. The highest BCUT2D eigenvalue weighted by atomic mass is 79.9. The van der Waals surface area contributed by atoms with Crippen molar-refractivity contribution in [3.8, 4) is 0 Å². The van der Waals surface area contributed by atoms with Gasteiger partial charge in [-0.2, -0.15) is 5.10 Å². The Labute approximate surface area is 160 Å². The highest BCUT2D eigenvalue weighted by Crippen LogP contribution is 2.32. The van der Waals surface area contributed by atoms with Crippen LogP contribution in [0.4, 0.5) is 0 Å². The summed E-state index contributed by atoms with van der Waals surface area (Å²) in [7, 11) is 2.13. The van der Waals surface area contributed by atoms with Gasteiger partial charge in [0, 0.05) is 39.7 Å². The third-order valence-corrected chi connectivity index (χ3v) is 5.80. The molecule has 0 bridgehead atoms. The third-order valence-electron chi connectivity index (χ3n) is 5.27. The van der Waals surface area contributed by atoms with Gasteiger partial charge in [0.15, 0.2) is 0 Å². The van der Waals surface area contributed by atoms with Gasteiger partial charge in [-0.25, -0.2) is 0 Å². The van der Waals surface area contributed by atoms with Gasteiger partial charge < -0.3 is 9.99 Å². The van der Waals surface area contributed by atoms with Crippen molar-refractivity contribution >= 4 is 43.4 Å². The van der Waals surface area contributed by atoms with Gasteiger partial charge in [0.1, 0.15) is 0 Å². The molecule has 26 heavy (non-hydrogen) atoms. The molecule has 0 amide bonds. The average molecular weight is 404 g/mol. The van der Waals surface area contributed by atoms with Crippen molar-refractivity contribution in [1.29, 1.82) is 0 Å². The fourth-order valence-electron chi connectivity index (χ4n) is 3.86. The van der Waals surface area contributed by atoms with Gasteiger partial charge in [0.25, 0.3) is 0 Å². The SMILES string of the molecule is Cn1c2ccccc2c2cc(C3CC(c4ccc(Br)cc4)=NN3)ccc21. The fraction of sp³-hybridized carbons (Fsp3) is 0.136. The van der Waals surface area contributed by atoms with Gasteiger partial charge in [0.2, 0.25) is 0 Å². The second-order valence-corrected chi connectivity index (χ2v) is 7.72. The van der Waals surface area contributed by atoms with Gasteiger partial charge in [0.05, 0.1) is 11.8 Å². The van der Waals surface area contributed by atoms with Crippen LogP contribution in [0.2, 0.25) is 0 Å². The normalized spacial score (nSPS) is 16.8. The van der Waals surface area contributed by atoms with E-state index >= 15 is 0 Å². The van der Waals surface area contributed by atoms with Crippen molar-refractivity contribution in [2.75, 3.05) is 0 Å². The summed E-state index contributed by atoms with van der Waals surface area (Å²) in [5.41, 5.74) is 9.43. The van der Waals surface area contributed by atoms with E-state index in [0.717, 1.165) is 16.6 Å². The van der Waals surface area contributed by atoms with E-state index in [0.29, 0.717) is 0 Å². The highest BCUT2D eigenvalue weighted by molar-refractivity contribution is 9.10. The lowest BCUT2D eigenvalue weighted by Gasteiger charge is -2.11. The summed E-state index contributed by atoms with van der Waals surface area (Å²) >= 11 is 3.49. The first kappa shape index (κ1) is 15.6. The second kappa shape index (κ2) is 5.99. The van der Waals surface area contributed by atoms with Gasteiger partial charge in [-0.3, -0.25) is 0 Å². The second-order valence-electron chi connectivity index (χ2n) is 6.80. The Balaban J connectivity index is 1.50. The van der Waals surface area contributed by atoms with Crippen molar-refractivity contribution in [3.63, 3.8) is 0 Å². The Kier molecular flexibility index (Phi) is 3.61. The summed E-state index contributed by atoms with van der Waals surface area (Å²) < 4.78 is 3.35. The van der Waals surface area contributed by atoms with Crippen LogP contribution in [0.3, 0.4) is 0 Å². The number of nitrogens with zero attached hydrogens (tertiary/aromatic N) is 2. The Morgan fingerprint density at radius 1 is 0.962 bits per heavy atom. The van der Waals surface area contributed by atoms with Crippen LogP contribution in [-0.2, 0) is 7.05 Å². The van der Waals surface area contributed by atoms with Crippen molar-refractivity contribution in [1.82, 2.24) is 9.99 Å².